The number of amides is 1. The summed E-state index contributed by atoms with van der Waals surface area (Å²) in [5.41, 5.74) is -2.01. The Labute approximate surface area is 190 Å². The number of halogens is 5. The van der Waals surface area contributed by atoms with Gasteiger partial charge in [0.25, 0.3) is 5.91 Å². The fourth-order valence-corrected chi connectivity index (χ4v) is 4.58. The summed E-state index contributed by atoms with van der Waals surface area (Å²) in [5, 5.41) is 5.05. The third-order valence-corrected chi connectivity index (χ3v) is 6.64. The molecule has 1 aromatic heterocycles. The Balaban J connectivity index is 2.01. The van der Waals surface area contributed by atoms with Crippen LogP contribution in [-0.2, 0) is 23.1 Å². The van der Waals surface area contributed by atoms with Crippen molar-refractivity contribution >= 4 is 44.6 Å². The maximum Gasteiger partial charge on any atom is 0.436 e. The van der Waals surface area contributed by atoms with Gasteiger partial charge in [-0.3, -0.25) is 9.48 Å². The second-order valence-electron chi connectivity index (χ2n) is 6.44. The lowest BCUT2D eigenvalue weighted by Gasteiger charge is -2.12. The van der Waals surface area contributed by atoms with E-state index >= 15 is 0 Å². The van der Waals surface area contributed by atoms with Gasteiger partial charge in [-0.1, -0.05) is 23.2 Å². The Morgan fingerprint density at radius 3 is 2.25 bits per heavy atom. The lowest BCUT2D eigenvalue weighted by molar-refractivity contribution is -0.141. The largest absolute Gasteiger partial charge is 0.497 e. The number of carbonyl (C=O) groups excluding carboxylic acids is 1. The normalized spacial score (nSPS) is 12.0. The first-order valence-electron chi connectivity index (χ1n) is 8.65. The predicted molar refractivity (Wildman–Crippen MR) is 111 cm³/mol. The Morgan fingerprint density at radius 1 is 1.09 bits per heavy atom. The van der Waals surface area contributed by atoms with Gasteiger partial charge in [-0.25, -0.2) is 8.42 Å². The second kappa shape index (κ2) is 8.64. The molecule has 1 amide bonds. The zero-order valence-corrected chi connectivity index (χ0v) is 18.7. The number of benzene rings is 2. The van der Waals surface area contributed by atoms with Gasteiger partial charge in [-0.15, -0.1) is 0 Å². The zero-order chi connectivity index (χ0) is 23.8. The van der Waals surface area contributed by atoms with Crippen molar-refractivity contribution in [2.75, 3.05) is 12.4 Å². The van der Waals surface area contributed by atoms with Crippen molar-refractivity contribution in [3.63, 3.8) is 0 Å². The molecule has 0 spiro atoms. The average molecular weight is 508 g/mol. The minimum absolute atomic E-state index is 0.0484. The van der Waals surface area contributed by atoms with Gasteiger partial charge in [0, 0.05) is 23.8 Å². The number of hydrogen-bond donors (Lipinski definition) is 1. The van der Waals surface area contributed by atoms with Crippen molar-refractivity contribution in [2.24, 2.45) is 7.05 Å². The first-order chi connectivity index (χ1) is 14.8. The predicted octanol–water partition coefficient (Wildman–Crippen LogP) is 4.84. The SMILES string of the molecule is COc1cc(NC(=O)c2c(Cl)c(C(F)(F)F)nn2C)cc(S(=O)(=O)c2ccc(Cl)cc2)c1. The third kappa shape index (κ3) is 4.69. The molecule has 13 heteroatoms. The molecule has 0 atom stereocenters. The Bertz CT molecular complexity index is 1290. The topological polar surface area (TPSA) is 90.3 Å². The number of aromatic nitrogens is 2. The van der Waals surface area contributed by atoms with Crippen molar-refractivity contribution in [2.45, 2.75) is 16.0 Å². The van der Waals surface area contributed by atoms with E-state index in [1.165, 1.54) is 43.5 Å². The summed E-state index contributed by atoms with van der Waals surface area (Å²) in [7, 11) is -1.62. The van der Waals surface area contributed by atoms with Gasteiger partial charge in [-0.05, 0) is 36.4 Å². The summed E-state index contributed by atoms with van der Waals surface area (Å²) < 4.78 is 70.8. The van der Waals surface area contributed by atoms with Crippen LogP contribution < -0.4 is 10.1 Å². The van der Waals surface area contributed by atoms with Crippen LogP contribution in [0.1, 0.15) is 16.2 Å². The maximum atomic E-state index is 13.0. The number of nitrogens with zero attached hydrogens (tertiary/aromatic N) is 2. The van der Waals surface area contributed by atoms with Crippen LogP contribution in [-0.4, -0.2) is 31.2 Å². The first-order valence-corrected chi connectivity index (χ1v) is 10.9. The highest BCUT2D eigenvalue weighted by Crippen LogP contribution is 2.36. The fourth-order valence-electron chi connectivity index (χ4n) is 2.78. The minimum atomic E-state index is -4.86. The highest BCUT2D eigenvalue weighted by molar-refractivity contribution is 7.91. The van der Waals surface area contributed by atoms with Crippen LogP contribution in [0.3, 0.4) is 0 Å². The van der Waals surface area contributed by atoms with Crippen molar-refractivity contribution in [3.05, 3.63) is 63.9 Å². The van der Waals surface area contributed by atoms with Gasteiger partial charge in [0.05, 0.1) is 16.9 Å². The quantitative estimate of drug-likeness (QED) is 0.533. The number of sulfone groups is 1. The Morgan fingerprint density at radius 2 is 1.72 bits per heavy atom. The van der Waals surface area contributed by atoms with Crippen LogP contribution in [0.2, 0.25) is 10.0 Å². The van der Waals surface area contributed by atoms with Crippen LogP contribution >= 0.6 is 23.2 Å². The van der Waals surface area contributed by atoms with Gasteiger partial charge >= 0.3 is 6.18 Å². The smallest absolute Gasteiger partial charge is 0.436 e. The molecule has 7 nitrogen and oxygen atoms in total. The van der Waals surface area contributed by atoms with Crippen LogP contribution in [0.4, 0.5) is 18.9 Å². The molecule has 0 saturated heterocycles. The van der Waals surface area contributed by atoms with E-state index in [1.807, 2.05) is 0 Å². The molecule has 32 heavy (non-hydrogen) atoms. The molecular weight excluding hydrogens is 494 g/mol. The van der Waals surface area contributed by atoms with Crippen molar-refractivity contribution in [3.8, 4) is 5.75 Å². The summed E-state index contributed by atoms with van der Waals surface area (Å²) >= 11 is 11.5. The first kappa shape index (κ1) is 23.9. The van der Waals surface area contributed by atoms with Gasteiger partial charge in [0.15, 0.2) is 5.69 Å². The van der Waals surface area contributed by atoms with E-state index in [9.17, 15) is 26.4 Å². The second-order valence-corrected chi connectivity index (χ2v) is 9.21. The van der Waals surface area contributed by atoms with E-state index in [1.54, 1.807) is 0 Å². The fraction of sp³-hybridized carbons (Fsp3) is 0.158. The number of methoxy groups -OCH3 is 1. The molecule has 1 heterocycles. The van der Waals surface area contributed by atoms with E-state index in [2.05, 4.69) is 10.4 Å². The lowest BCUT2D eigenvalue weighted by Crippen LogP contribution is -2.17. The monoisotopic (exact) mass is 507 g/mol. The van der Waals surface area contributed by atoms with Crippen molar-refractivity contribution < 1.29 is 31.1 Å². The summed E-state index contributed by atoms with van der Waals surface area (Å²) in [5.74, 6) is -0.939. The Hall–Kier alpha value is -2.76. The molecule has 0 radical (unpaired) electrons. The molecule has 0 saturated carbocycles. The number of hydrogen-bond acceptors (Lipinski definition) is 5. The molecule has 0 aliphatic rings. The summed E-state index contributed by atoms with van der Waals surface area (Å²) in [6.07, 6.45) is -4.86. The highest BCUT2D eigenvalue weighted by atomic mass is 35.5. The molecule has 0 fully saturated rings. The standard InChI is InChI=1S/C19H14Cl2F3N3O4S/c1-27-16(15(21)17(26-27)19(22,23)24)18(28)25-11-7-12(31-2)9-14(8-11)32(29,30)13-5-3-10(20)4-6-13/h3-9H,1-2H3,(H,25,28). The van der Waals surface area contributed by atoms with Crippen molar-refractivity contribution in [1.82, 2.24) is 9.78 Å². The molecule has 0 unspecified atom stereocenters. The number of aryl methyl sites for hydroxylation is 1. The molecule has 170 valence electrons. The summed E-state index contributed by atoms with van der Waals surface area (Å²) in [6.45, 7) is 0. The number of anilines is 1. The van der Waals surface area contributed by atoms with E-state index in [0.717, 1.165) is 13.1 Å². The highest BCUT2D eigenvalue weighted by Gasteiger charge is 2.39. The minimum Gasteiger partial charge on any atom is -0.497 e. The zero-order valence-electron chi connectivity index (χ0n) is 16.4. The average Bonchev–Trinajstić information content (AvgIpc) is 3.02. The van der Waals surface area contributed by atoms with Gasteiger partial charge < -0.3 is 10.1 Å². The van der Waals surface area contributed by atoms with E-state index in [0.29, 0.717) is 9.70 Å². The molecule has 0 aliphatic carbocycles. The van der Waals surface area contributed by atoms with E-state index < -0.39 is 38.3 Å². The van der Waals surface area contributed by atoms with Crippen LogP contribution in [0, 0.1) is 0 Å². The molecule has 2 aromatic carbocycles. The van der Waals surface area contributed by atoms with Crippen molar-refractivity contribution in [1.29, 1.82) is 0 Å². The van der Waals surface area contributed by atoms with Crippen LogP contribution in [0.5, 0.6) is 5.75 Å². The summed E-state index contributed by atoms with van der Waals surface area (Å²) in [4.78, 5) is 12.4. The van der Waals surface area contributed by atoms with E-state index in [4.69, 9.17) is 27.9 Å². The van der Waals surface area contributed by atoms with Crippen LogP contribution in [0.25, 0.3) is 0 Å². The molecule has 0 bridgehead atoms. The molecule has 0 aliphatic heterocycles. The van der Waals surface area contributed by atoms with Gasteiger partial charge in [0.1, 0.15) is 16.5 Å². The number of alkyl halides is 3. The number of nitrogens with one attached hydrogen (secondary N) is 1. The number of rotatable bonds is 5. The molecule has 1 N–H and O–H groups in total. The third-order valence-electron chi connectivity index (χ3n) is 4.28. The van der Waals surface area contributed by atoms with Gasteiger partial charge in [0.2, 0.25) is 9.84 Å². The van der Waals surface area contributed by atoms with E-state index in [-0.39, 0.29) is 21.2 Å². The number of ether oxygens (including phenoxy) is 1. The maximum absolute atomic E-state index is 13.0. The Kier molecular flexibility index (Phi) is 6.45. The lowest BCUT2D eigenvalue weighted by atomic mass is 10.2. The number of carbonyl (C=O) groups is 1. The van der Waals surface area contributed by atoms with Crippen LogP contribution in [0.15, 0.2) is 52.3 Å². The van der Waals surface area contributed by atoms with Gasteiger partial charge in [-0.2, -0.15) is 18.3 Å². The molecular formula is C19H14Cl2F3N3O4S. The summed E-state index contributed by atoms with van der Waals surface area (Å²) in [6, 6.07) is 9.10. The molecule has 3 rings (SSSR count). The molecule has 3 aromatic rings.